The Morgan fingerprint density at radius 3 is 2.65 bits per heavy atom. The predicted octanol–water partition coefficient (Wildman–Crippen LogP) is 3.49. The topological polar surface area (TPSA) is 81.8 Å². The lowest BCUT2D eigenvalue weighted by Gasteiger charge is -2.10. The van der Waals surface area contributed by atoms with E-state index in [0.29, 0.717) is 17.8 Å². The van der Waals surface area contributed by atoms with Crippen LogP contribution in [0.4, 0.5) is 13.2 Å². The van der Waals surface area contributed by atoms with Gasteiger partial charge in [0.15, 0.2) is 5.65 Å². The van der Waals surface area contributed by atoms with Crippen molar-refractivity contribution < 1.29 is 18.0 Å². The second-order valence-corrected chi connectivity index (χ2v) is 7.52. The molecule has 2 aromatic carbocycles. The highest BCUT2D eigenvalue weighted by Crippen LogP contribution is 2.29. The number of carbonyl (C=O) groups excluding carboxylic acids is 1. The van der Waals surface area contributed by atoms with E-state index in [1.54, 1.807) is 6.08 Å². The lowest BCUT2D eigenvalue weighted by molar-refractivity contribution is -0.137. The summed E-state index contributed by atoms with van der Waals surface area (Å²) in [7, 11) is 0. The molecule has 0 aliphatic carbocycles. The second-order valence-electron chi connectivity index (χ2n) is 7.52. The molecule has 0 aliphatic rings. The van der Waals surface area contributed by atoms with Gasteiger partial charge in [-0.15, -0.1) is 0 Å². The molecule has 34 heavy (non-hydrogen) atoms. The van der Waals surface area contributed by atoms with Crippen LogP contribution in [0.25, 0.3) is 17.1 Å². The van der Waals surface area contributed by atoms with Crippen molar-refractivity contribution >= 4 is 23.0 Å². The Kier molecular flexibility index (Phi) is 6.58. The van der Waals surface area contributed by atoms with Crippen molar-refractivity contribution in [1.82, 2.24) is 24.6 Å². The fourth-order valence-corrected chi connectivity index (χ4v) is 3.40. The number of carbonyl (C=O) groups is 1. The van der Waals surface area contributed by atoms with Crippen LogP contribution in [0.2, 0.25) is 0 Å². The van der Waals surface area contributed by atoms with Crippen LogP contribution < -0.4 is 10.9 Å². The summed E-state index contributed by atoms with van der Waals surface area (Å²) >= 11 is 0. The van der Waals surface area contributed by atoms with Crippen molar-refractivity contribution in [3.05, 3.63) is 100 Å². The molecule has 0 saturated carbocycles. The number of hydrogen-bond acceptors (Lipinski definition) is 4. The number of benzene rings is 2. The number of nitrogens with one attached hydrogen (secondary N) is 1. The van der Waals surface area contributed by atoms with Crippen LogP contribution in [0.1, 0.15) is 16.7 Å². The average molecular weight is 467 g/mol. The molecular formula is C24H20F3N5O2. The van der Waals surface area contributed by atoms with Gasteiger partial charge in [0.1, 0.15) is 11.7 Å². The third kappa shape index (κ3) is 5.40. The number of halogens is 3. The highest BCUT2D eigenvalue weighted by atomic mass is 19.4. The van der Waals surface area contributed by atoms with E-state index in [1.807, 2.05) is 30.3 Å². The third-order valence-electron chi connectivity index (χ3n) is 5.08. The van der Waals surface area contributed by atoms with Gasteiger partial charge >= 0.3 is 6.18 Å². The van der Waals surface area contributed by atoms with Crippen molar-refractivity contribution in [2.45, 2.75) is 19.3 Å². The first-order chi connectivity index (χ1) is 16.3. The van der Waals surface area contributed by atoms with E-state index in [9.17, 15) is 22.8 Å². The second kappa shape index (κ2) is 9.74. The normalized spacial score (nSPS) is 11.9. The maximum absolute atomic E-state index is 12.9. The van der Waals surface area contributed by atoms with E-state index in [4.69, 9.17) is 0 Å². The Balaban J connectivity index is 1.41. The van der Waals surface area contributed by atoms with Crippen LogP contribution in [0.15, 0.2) is 78.0 Å². The molecule has 174 valence electrons. The summed E-state index contributed by atoms with van der Waals surface area (Å²) in [5.41, 5.74) is 0.376. The van der Waals surface area contributed by atoms with Gasteiger partial charge in [-0.3, -0.25) is 14.2 Å². The minimum atomic E-state index is -4.46. The minimum absolute atomic E-state index is 0.0549. The van der Waals surface area contributed by atoms with Gasteiger partial charge in [0.2, 0.25) is 5.91 Å². The van der Waals surface area contributed by atoms with Gasteiger partial charge in [0.25, 0.3) is 5.56 Å². The van der Waals surface area contributed by atoms with Gasteiger partial charge in [0.05, 0.1) is 24.8 Å². The van der Waals surface area contributed by atoms with Gasteiger partial charge in [-0.2, -0.15) is 18.3 Å². The first-order valence-corrected chi connectivity index (χ1v) is 10.4. The quantitative estimate of drug-likeness (QED) is 0.422. The molecule has 2 heterocycles. The summed E-state index contributed by atoms with van der Waals surface area (Å²) in [6.45, 7) is 0.503. The van der Waals surface area contributed by atoms with Crippen LogP contribution >= 0.6 is 0 Å². The molecule has 10 heteroatoms. The number of alkyl halides is 3. The Bertz CT molecular complexity index is 1390. The summed E-state index contributed by atoms with van der Waals surface area (Å²) in [5, 5.41) is 7.15. The van der Waals surface area contributed by atoms with Crippen LogP contribution in [0.5, 0.6) is 0 Å². The predicted molar refractivity (Wildman–Crippen MR) is 121 cm³/mol. The van der Waals surface area contributed by atoms with E-state index >= 15 is 0 Å². The minimum Gasteiger partial charge on any atom is -0.351 e. The molecule has 4 rings (SSSR count). The molecule has 1 N–H and O–H groups in total. The molecule has 2 aromatic heterocycles. The van der Waals surface area contributed by atoms with Gasteiger partial charge < -0.3 is 5.32 Å². The zero-order valence-electron chi connectivity index (χ0n) is 17.9. The largest absolute Gasteiger partial charge is 0.416 e. The van der Waals surface area contributed by atoms with E-state index in [-0.39, 0.29) is 24.4 Å². The molecule has 0 spiro atoms. The molecule has 0 atom stereocenters. The third-order valence-corrected chi connectivity index (χ3v) is 5.08. The fourth-order valence-electron chi connectivity index (χ4n) is 3.40. The molecule has 0 fully saturated rings. The summed E-state index contributed by atoms with van der Waals surface area (Å²) in [6.07, 6.45) is 1.32. The highest BCUT2D eigenvalue weighted by Gasteiger charge is 2.30. The molecule has 7 nitrogen and oxygen atoms in total. The molecule has 0 unspecified atom stereocenters. The number of fused-ring (bicyclic) bond motifs is 1. The van der Waals surface area contributed by atoms with Gasteiger partial charge in [-0.05, 0) is 29.3 Å². The van der Waals surface area contributed by atoms with E-state index in [2.05, 4.69) is 15.4 Å². The molecule has 0 bridgehead atoms. The Morgan fingerprint density at radius 2 is 1.88 bits per heavy atom. The number of aromatic nitrogens is 4. The Morgan fingerprint density at radius 1 is 1.09 bits per heavy atom. The van der Waals surface area contributed by atoms with Crippen molar-refractivity contribution in [3.8, 4) is 0 Å². The van der Waals surface area contributed by atoms with Crippen molar-refractivity contribution in [2.75, 3.05) is 6.54 Å². The average Bonchev–Trinajstić information content (AvgIpc) is 3.23. The lowest BCUT2D eigenvalue weighted by Crippen LogP contribution is -2.26. The number of nitrogens with zero attached hydrogens (tertiary/aromatic N) is 4. The summed E-state index contributed by atoms with van der Waals surface area (Å²) in [5.74, 6) is -0.267. The zero-order valence-corrected chi connectivity index (χ0v) is 17.9. The van der Waals surface area contributed by atoms with Gasteiger partial charge in [0, 0.05) is 12.6 Å². The molecule has 0 radical (unpaired) electrons. The van der Waals surface area contributed by atoms with E-state index in [1.165, 1.54) is 40.0 Å². The zero-order chi connectivity index (χ0) is 24.1. The Hall–Kier alpha value is -4.21. The molecule has 0 aliphatic heterocycles. The summed E-state index contributed by atoms with van der Waals surface area (Å²) in [4.78, 5) is 29.1. The first kappa shape index (κ1) is 23.0. The van der Waals surface area contributed by atoms with Gasteiger partial charge in [-0.25, -0.2) is 9.67 Å². The van der Waals surface area contributed by atoms with E-state index in [0.717, 1.165) is 17.7 Å². The standard InChI is InChI=1S/C24H20F3N5O2/c25-24(26,27)19-8-4-7-18(13-19)15-31-16-29-22-20(23(31)34)14-30-32(22)12-11-28-21(33)10-9-17-5-2-1-3-6-17/h1-10,13-14,16H,11-12,15H2,(H,28,33)/b10-9-. The van der Waals surface area contributed by atoms with Crippen molar-refractivity contribution in [1.29, 1.82) is 0 Å². The van der Waals surface area contributed by atoms with Crippen LogP contribution in [-0.4, -0.2) is 31.8 Å². The highest BCUT2D eigenvalue weighted by molar-refractivity contribution is 5.91. The number of amides is 1. The monoisotopic (exact) mass is 467 g/mol. The molecule has 1 amide bonds. The molecule has 4 aromatic rings. The summed E-state index contributed by atoms with van der Waals surface area (Å²) < 4.78 is 41.6. The van der Waals surface area contributed by atoms with E-state index < -0.39 is 17.3 Å². The SMILES string of the molecule is O=C(/C=C\c1ccccc1)NCCn1ncc2c(=O)n(Cc3cccc(C(F)(F)F)c3)cnc21. The Labute approximate surface area is 192 Å². The number of hydrogen-bond donors (Lipinski definition) is 1. The van der Waals surface area contributed by atoms with Crippen LogP contribution in [-0.2, 0) is 24.1 Å². The summed E-state index contributed by atoms with van der Waals surface area (Å²) in [6, 6.07) is 14.2. The maximum Gasteiger partial charge on any atom is 0.416 e. The van der Waals surface area contributed by atoms with Crippen molar-refractivity contribution in [2.24, 2.45) is 0 Å². The van der Waals surface area contributed by atoms with Crippen LogP contribution in [0.3, 0.4) is 0 Å². The van der Waals surface area contributed by atoms with Crippen LogP contribution in [0, 0.1) is 0 Å². The van der Waals surface area contributed by atoms with Crippen molar-refractivity contribution in [3.63, 3.8) is 0 Å². The maximum atomic E-state index is 12.9. The lowest BCUT2D eigenvalue weighted by atomic mass is 10.1. The molecule has 0 saturated heterocycles. The molecular weight excluding hydrogens is 447 g/mol. The van der Waals surface area contributed by atoms with Gasteiger partial charge in [-0.1, -0.05) is 42.5 Å². The smallest absolute Gasteiger partial charge is 0.351 e. The number of rotatable bonds is 7. The first-order valence-electron chi connectivity index (χ1n) is 10.4. The fraction of sp³-hybridized carbons (Fsp3) is 0.167.